The second-order valence-electron chi connectivity index (χ2n) is 14.3. The molecule has 1 aromatic rings. The van der Waals surface area contributed by atoms with E-state index in [1.165, 1.54) is 9.58 Å². The number of aryl methyl sites for hydroxylation is 2. The molecule has 48 heavy (non-hydrogen) atoms. The Morgan fingerprint density at radius 1 is 1.10 bits per heavy atom. The molecule has 16 heteroatoms. The zero-order valence-corrected chi connectivity index (χ0v) is 28.9. The molecule has 2 aliphatic carbocycles. The van der Waals surface area contributed by atoms with Gasteiger partial charge >= 0.3 is 12.1 Å². The van der Waals surface area contributed by atoms with Crippen LogP contribution < -0.4 is 15.4 Å². The first-order valence-corrected chi connectivity index (χ1v) is 18.1. The normalized spacial score (nSPS) is 28.9. The van der Waals surface area contributed by atoms with E-state index in [-0.39, 0.29) is 31.5 Å². The maximum Gasteiger partial charge on any atom is 0.408 e. The van der Waals surface area contributed by atoms with E-state index in [1.54, 1.807) is 40.8 Å². The number of ether oxygens (including phenoxy) is 2. The molecule has 2 aliphatic heterocycles. The second kappa shape index (κ2) is 13.5. The van der Waals surface area contributed by atoms with E-state index in [1.807, 2.05) is 12.2 Å². The van der Waals surface area contributed by atoms with Gasteiger partial charge in [-0.3, -0.25) is 23.8 Å². The number of rotatable bonds is 6. The van der Waals surface area contributed by atoms with Gasteiger partial charge in [0.25, 0.3) is 5.91 Å². The zero-order valence-electron chi connectivity index (χ0n) is 28.1. The number of nitrogens with one attached hydrogen (secondary N) is 3. The monoisotopic (exact) mass is 690 g/mol. The molecule has 0 radical (unpaired) electrons. The number of aromatic nitrogens is 2. The molecule has 3 fully saturated rings. The number of carbonyl (C=O) groups is 5. The molecule has 1 saturated heterocycles. The second-order valence-corrected chi connectivity index (χ2v) is 16.2. The highest BCUT2D eigenvalue weighted by atomic mass is 32.2. The summed E-state index contributed by atoms with van der Waals surface area (Å²) in [4.78, 5) is 69.0. The van der Waals surface area contributed by atoms with E-state index in [2.05, 4.69) is 20.5 Å². The Morgan fingerprint density at radius 3 is 2.48 bits per heavy atom. The van der Waals surface area contributed by atoms with Crippen LogP contribution in [0.2, 0.25) is 0 Å². The van der Waals surface area contributed by atoms with Gasteiger partial charge in [-0.2, -0.15) is 5.10 Å². The topological polar surface area (TPSA) is 195 Å². The van der Waals surface area contributed by atoms with Crippen LogP contribution in [0, 0.1) is 12.8 Å². The predicted octanol–water partition coefficient (Wildman–Crippen LogP) is 1.75. The number of sulfonamides is 1. The summed E-state index contributed by atoms with van der Waals surface area (Å²) in [5, 5.41) is 9.00. The Morgan fingerprint density at radius 2 is 1.83 bits per heavy atom. The largest absolute Gasteiger partial charge is 0.456 e. The van der Waals surface area contributed by atoms with Crippen LogP contribution in [0.3, 0.4) is 0 Å². The van der Waals surface area contributed by atoms with Gasteiger partial charge in [0.2, 0.25) is 21.8 Å². The van der Waals surface area contributed by atoms with Crippen molar-refractivity contribution in [2.45, 2.75) is 120 Å². The minimum absolute atomic E-state index is 0.0854. The lowest BCUT2D eigenvalue weighted by Gasteiger charge is -2.30. The molecule has 4 amide bonds. The highest BCUT2D eigenvalue weighted by Crippen LogP contribution is 2.46. The number of alkyl carbamates (subject to hydrolysis) is 1. The maximum absolute atomic E-state index is 14.2. The van der Waals surface area contributed by atoms with Gasteiger partial charge in [0.05, 0.1) is 17.5 Å². The summed E-state index contributed by atoms with van der Waals surface area (Å²) >= 11 is 0. The Kier molecular flexibility index (Phi) is 9.96. The van der Waals surface area contributed by atoms with Crippen LogP contribution in [-0.4, -0.2) is 94.0 Å². The van der Waals surface area contributed by atoms with Gasteiger partial charge < -0.3 is 25.0 Å². The average molecular weight is 691 g/mol. The van der Waals surface area contributed by atoms with Crippen LogP contribution in [0.25, 0.3) is 0 Å². The van der Waals surface area contributed by atoms with Gasteiger partial charge in [-0.25, -0.2) is 18.0 Å². The van der Waals surface area contributed by atoms with Gasteiger partial charge in [-0.1, -0.05) is 25.0 Å². The van der Waals surface area contributed by atoms with Crippen molar-refractivity contribution in [1.82, 2.24) is 30.0 Å². The number of carbonyl (C=O) groups excluding carboxylic acids is 5. The third-order valence-corrected chi connectivity index (χ3v) is 10.8. The molecule has 0 bridgehead atoms. The number of hydrogen-bond acceptors (Lipinski definition) is 10. The number of allylic oxidation sites excluding steroid dienone is 1. The maximum atomic E-state index is 14.2. The summed E-state index contributed by atoms with van der Waals surface area (Å²) in [5.74, 6) is -3.22. The minimum Gasteiger partial charge on any atom is -0.456 e. The van der Waals surface area contributed by atoms with E-state index >= 15 is 0 Å². The number of amides is 4. The molecule has 5 atom stereocenters. The SMILES string of the molecule is Cc1cc(C(=O)O[C@@H]2C[C@H]3C(=O)N[C@]4(C(=O)NS(=O)(=O)C5CC5)C[C@@H]4/C=C\CCCCC[C@H](NC(=O)OC(C)(C)C)C(=O)N3C2)n(C)n1. The van der Waals surface area contributed by atoms with Crippen LogP contribution in [0.4, 0.5) is 4.79 Å². The summed E-state index contributed by atoms with van der Waals surface area (Å²) in [7, 11) is -2.30. The lowest BCUT2D eigenvalue weighted by Crippen LogP contribution is -2.58. The van der Waals surface area contributed by atoms with Crippen molar-refractivity contribution >= 4 is 39.8 Å². The van der Waals surface area contributed by atoms with Crippen LogP contribution in [-0.2, 0) is 40.9 Å². The first kappa shape index (κ1) is 35.4. The van der Waals surface area contributed by atoms with E-state index < -0.39 is 80.3 Å². The molecule has 4 aliphatic rings. The Bertz CT molecular complexity index is 1590. The number of nitrogens with zero attached hydrogens (tertiary/aromatic N) is 3. The van der Waals surface area contributed by atoms with Crippen molar-refractivity contribution in [3.05, 3.63) is 29.6 Å². The Labute approximate surface area is 280 Å². The smallest absolute Gasteiger partial charge is 0.408 e. The summed E-state index contributed by atoms with van der Waals surface area (Å²) in [6.45, 7) is 6.69. The van der Waals surface area contributed by atoms with Crippen LogP contribution >= 0.6 is 0 Å². The number of hydrogen-bond donors (Lipinski definition) is 3. The third kappa shape index (κ3) is 8.18. The highest BCUT2D eigenvalue weighted by molar-refractivity contribution is 7.91. The van der Waals surface area contributed by atoms with Crippen molar-refractivity contribution in [3.63, 3.8) is 0 Å². The fourth-order valence-electron chi connectivity index (χ4n) is 6.31. The molecule has 0 unspecified atom stereocenters. The van der Waals surface area contributed by atoms with Crippen molar-refractivity contribution in [2.75, 3.05) is 6.54 Å². The molecule has 15 nitrogen and oxygen atoms in total. The van der Waals surface area contributed by atoms with E-state index in [0.29, 0.717) is 31.4 Å². The van der Waals surface area contributed by atoms with Crippen molar-refractivity contribution in [2.24, 2.45) is 13.0 Å². The summed E-state index contributed by atoms with van der Waals surface area (Å²) in [5.41, 5.74) is -1.55. The molecule has 0 spiro atoms. The van der Waals surface area contributed by atoms with Gasteiger partial charge in [0.1, 0.15) is 35.0 Å². The van der Waals surface area contributed by atoms with Crippen LogP contribution in [0.15, 0.2) is 18.2 Å². The van der Waals surface area contributed by atoms with Crippen molar-refractivity contribution < 1.29 is 41.9 Å². The Balaban J connectivity index is 1.43. The summed E-state index contributed by atoms with van der Waals surface area (Å²) in [6.07, 6.45) is 6.14. The fraction of sp³-hybridized carbons (Fsp3) is 0.688. The number of esters is 1. The molecule has 1 aromatic heterocycles. The summed E-state index contributed by atoms with van der Waals surface area (Å²) in [6, 6.07) is -0.667. The standard InChI is InChI=1S/C32H46N6O9S/c1-19-15-25(37(5)35-19)28(41)46-21-16-24-26(39)34-32(29(42)36-48(44,45)22-13-14-22)17-20(32)11-9-7-6-8-10-12-23(27(40)38(24)18-21)33-30(43)47-31(2,3)4/h9,11,15,20-24H,6-8,10,12-14,16-18H2,1-5H3,(H,33,43)(H,34,39)(H,36,42)/b11-9-/t20-,21+,23-,24-,32+/m0/s1. The zero-order chi connectivity index (χ0) is 35.0. The van der Waals surface area contributed by atoms with Gasteiger partial charge in [0.15, 0.2) is 0 Å². The molecule has 3 N–H and O–H groups in total. The van der Waals surface area contributed by atoms with Crippen molar-refractivity contribution in [1.29, 1.82) is 0 Å². The van der Waals surface area contributed by atoms with E-state index in [0.717, 1.165) is 12.8 Å². The third-order valence-electron chi connectivity index (χ3n) is 9.02. The summed E-state index contributed by atoms with van der Waals surface area (Å²) < 4.78 is 40.1. The molecule has 2 saturated carbocycles. The van der Waals surface area contributed by atoms with Gasteiger partial charge in [-0.05, 0) is 72.3 Å². The van der Waals surface area contributed by atoms with E-state index in [9.17, 15) is 32.4 Å². The molecule has 264 valence electrons. The predicted molar refractivity (Wildman–Crippen MR) is 172 cm³/mol. The number of fused-ring (bicyclic) bond motifs is 2. The highest BCUT2D eigenvalue weighted by Gasteiger charge is 2.62. The average Bonchev–Trinajstić information content (AvgIpc) is 3.88. The fourth-order valence-corrected chi connectivity index (χ4v) is 7.67. The molecule has 0 aromatic carbocycles. The molecule has 5 rings (SSSR count). The molecular formula is C32H46N6O9S. The first-order valence-electron chi connectivity index (χ1n) is 16.6. The van der Waals surface area contributed by atoms with Crippen LogP contribution in [0.1, 0.15) is 94.7 Å². The van der Waals surface area contributed by atoms with Gasteiger partial charge in [0, 0.05) is 19.4 Å². The van der Waals surface area contributed by atoms with Crippen LogP contribution in [0.5, 0.6) is 0 Å². The lowest BCUT2D eigenvalue weighted by atomic mass is 10.0. The lowest BCUT2D eigenvalue weighted by molar-refractivity contribution is -0.141. The Hall–Kier alpha value is -3.95. The van der Waals surface area contributed by atoms with Crippen molar-refractivity contribution in [3.8, 4) is 0 Å². The first-order chi connectivity index (χ1) is 22.5. The van der Waals surface area contributed by atoms with Gasteiger partial charge in [-0.15, -0.1) is 0 Å². The quantitative estimate of drug-likeness (QED) is 0.292. The molecule has 3 heterocycles. The van der Waals surface area contributed by atoms with E-state index in [4.69, 9.17) is 9.47 Å². The molecular weight excluding hydrogens is 644 g/mol. The minimum atomic E-state index is -3.90.